The van der Waals surface area contributed by atoms with Gasteiger partial charge in [-0.15, -0.1) is 0 Å². The van der Waals surface area contributed by atoms with Gasteiger partial charge in [-0.25, -0.2) is 4.39 Å². The maximum Gasteiger partial charge on any atom is 0.306 e. The number of ether oxygens (including phenoxy) is 2. The number of halogens is 2. The maximum atomic E-state index is 13.0. The summed E-state index contributed by atoms with van der Waals surface area (Å²) in [6.07, 6.45) is 0.565. The topological polar surface area (TPSA) is 64.6 Å². The standard InChI is InChI=1S/C19H19ClFNO4/c1-2-25-17-6-4-3-5-13(17)7-10-19(24)26-12-18(23)22-16-9-8-14(21)11-15(16)20/h3-6,8-9,11H,2,7,10,12H2,1H3,(H,22,23). The lowest BCUT2D eigenvalue weighted by Gasteiger charge is -2.10. The molecule has 0 aliphatic heterocycles. The van der Waals surface area contributed by atoms with E-state index in [2.05, 4.69) is 5.32 Å². The molecule has 0 saturated carbocycles. The lowest BCUT2D eigenvalue weighted by Crippen LogP contribution is -2.21. The molecular weight excluding hydrogens is 361 g/mol. The minimum atomic E-state index is -0.554. The first-order valence-electron chi connectivity index (χ1n) is 8.10. The summed E-state index contributed by atoms with van der Waals surface area (Å²) in [6.45, 7) is 1.98. The van der Waals surface area contributed by atoms with Crippen molar-refractivity contribution in [1.29, 1.82) is 0 Å². The van der Waals surface area contributed by atoms with E-state index in [1.54, 1.807) is 0 Å². The van der Waals surface area contributed by atoms with Gasteiger partial charge in [-0.2, -0.15) is 0 Å². The average Bonchev–Trinajstić information content (AvgIpc) is 2.62. The molecule has 0 unspecified atom stereocenters. The molecule has 138 valence electrons. The highest BCUT2D eigenvalue weighted by molar-refractivity contribution is 6.33. The molecule has 2 aromatic rings. The van der Waals surface area contributed by atoms with E-state index in [0.717, 1.165) is 17.4 Å². The average molecular weight is 380 g/mol. The zero-order chi connectivity index (χ0) is 18.9. The van der Waals surface area contributed by atoms with Crippen LogP contribution in [-0.4, -0.2) is 25.1 Å². The molecule has 0 aliphatic carbocycles. The monoisotopic (exact) mass is 379 g/mol. The molecule has 5 nitrogen and oxygen atoms in total. The van der Waals surface area contributed by atoms with Crippen LogP contribution in [0.1, 0.15) is 18.9 Å². The Balaban J connectivity index is 1.79. The van der Waals surface area contributed by atoms with Crippen molar-refractivity contribution >= 4 is 29.2 Å². The van der Waals surface area contributed by atoms with Gasteiger partial charge in [0.15, 0.2) is 6.61 Å². The highest BCUT2D eigenvalue weighted by atomic mass is 35.5. The van der Waals surface area contributed by atoms with Gasteiger partial charge in [0, 0.05) is 6.42 Å². The van der Waals surface area contributed by atoms with Crippen molar-refractivity contribution < 1.29 is 23.5 Å². The van der Waals surface area contributed by atoms with Gasteiger partial charge in [-0.05, 0) is 43.2 Å². The van der Waals surface area contributed by atoms with Crippen molar-refractivity contribution in [3.63, 3.8) is 0 Å². The number of hydrogen-bond acceptors (Lipinski definition) is 4. The van der Waals surface area contributed by atoms with E-state index in [9.17, 15) is 14.0 Å². The molecule has 0 radical (unpaired) electrons. The second kappa shape index (κ2) is 9.77. The second-order valence-electron chi connectivity index (χ2n) is 5.37. The Morgan fingerprint density at radius 1 is 1.19 bits per heavy atom. The fourth-order valence-electron chi connectivity index (χ4n) is 2.24. The Hall–Kier alpha value is -2.60. The first-order valence-corrected chi connectivity index (χ1v) is 8.48. The molecule has 0 saturated heterocycles. The van der Waals surface area contributed by atoms with Crippen LogP contribution in [0.2, 0.25) is 5.02 Å². The quantitative estimate of drug-likeness (QED) is 0.704. The van der Waals surface area contributed by atoms with Gasteiger partial charge in [-0.1, -0.05) is 29.8 Å². The summed E-state index contributed by atoms with van der Waals surface area (Å²) in [5.74, 6) is -0.837. The van der Waals surface area contributed by atoms with Gasteiger partial charge in [0.2, 0.25) is 0 Å². The Morgan fingerprint density at radius 3 is 2.69 bits per heavy atom. The molecule has 0 aliphatic rings. The van der Waals surface area contributed by atoms with Crippen molar-refractivity contribution in [3.8, 4) is 5.75 Å². The normalized spacial score (nSPS) is 10.3. The molecule has 0 spiro atoms. The molecular formula is C19H19ClFNO4. The number of benzene rings is 2. The fourth-order valence-corrected chi connectivity index (χ4v) is 2.45. The number of carbonyl (C=O) groups excluding carboxylic acids is 2. The number of para-hydroxylation sites is 1. The molecule has 7 heteroatoms. The fraction of sp³-hybridized carbons (Fsp3) is 0.263. The molecule has 26 heavy (non-hydrogen) atoms. The number of anilines is 1. The van der Waals surface area contributed by atoms with Crippen LogP contribution in [-0.2, 0) is 20.7 Å². The van der Waals surface area contributed by atoms with Crippen molar-refractivity contribution in [2.24, 2.45) is 0 Å². The predicted molar refractivity (Wildman–Crippen MR) is 96.9 cm³/mol. The molecule has 0 bridgehead atoms. The summed E-state index contributed by atoms with van der Waals surface area (Å²) in [5.41, 5.74) is 1.15. The third kappa shape index (κ3) is 6.04. The number of rotatable bonds is 8. The van der Waals surface area contributed by atoms with Gasteiger partial charge < -0.3 is 14.8 Å². The number of esters is 1. The summed E-state index contributed by atoms with van der Waals surface area (Å²) in [5, 5.41) is 2.52. The third-order valence-corrected chi connectivity index (χ3v) is 3.75. The molecule has 0 atom stereocenters. The summed E-state index contributed by atoms with van der Waals surface area (Å²) >= 11 is 5.82. The van der Waals surface area contributed by atoms with E-state index in [0.29, 0.717) is 13.0 Å². The number of hydrogen-bond donors (Lipinski definition) is 1. The molecule has 0 heterocycles. The SMILES string of the molecule is CCOc1ccccc1CCC(=O)OCC(=O)Nc1ccc(F)cc1Cl. The molecule has 0 aromatic heterocycles. The number of amides is 1. The molecule has 2 aromatic carbocycles. The first kappa shape index (κ1) is 19.7. The van der Waals surface area contributed by atoms with Crippen molar-refractivity contribution in [2.75, 3.05) is 18.5 Å². The van der Waals surface area contributed by atoms with Gasteiger partial charge in [0.25, 0.3) is 5.91 Å². The van der Waals surface area contributed by atoms with Crippen molar-refractivity contribution in [3.05, 3.63) is 58.9 Å². The van der Waals surface area contributed by atoms with Crippen LogP contribution < -0.4 is 10.1 Å². The second-order valence-corrected chi connectivity index (χ2v) is 5.78. The van der Waals surface area contributed by atoms with Gasteiger partial charge in [0.1, 0.15) is 11.6 Å². The third-order valence-electron chi connectivity index (χ3n) is 3.44. The minimum Gasteiger partial charge on any atom is -0.494 e. The van der Waals surface area contributed by atoms with Crippen LogP contribution in [0.15, 0.2) is 42.5 Å². The highest BCUT2D eigenvalue weighted by Gasteiger charge is 2.11. The van der Waals surface area contributed by atoms with Crippen LogP contribution in [0.4, 0.5) is 10.1 Å². The van der Waals surface area contributed by atoms with E-state index in [4.69, 9.17) is 21.1 Å². The smallest absolute Gasteiger partial charge is 0.306 e. The van der Waals surface area contributed by atoms with Gasteiger partial charge in [-0.3, -0.25) is 9.59 Å². The van der Waals surface area contributed by atoms with E-state index in [-0.39, 0.29) is 17.1 Å². The summed E-state index contributed by atoms with van der Waals surface area (Å²) in [7, 11) is 0. The van der Waals surface area contributed by atoms with E-state index >= 15 is 0 Å². The van der Waals surface area contributed by atoms with Crippen LogP contribution >= 0.6 is 11.6 Å². The van der Waals surface area contributed by atoms with Crippen molar-refractivity contribution in [1.82, 2.24) is 0 Å². The Kier molecular flexibility index (Phi) is 7.41. The van der Waals surface area contributed by atoms with Crippen LogP contribution in [0.5, 0.6) is 5.75 Å². The highest BCUT2D eigenvalue weighted by Crippen LogP contribution is 2.22. The number of carbonyl (C=O) groups is 2. The van der Waals surface area contributed by atoms with E-state index in [1.165, 1.54) is 12.1 Å². The van der Waals surface area contributed by atoms with Gasteiger partial charge >= 0.3 is 5.97 Å². The summed E-state index contributed by atoms with van der Waals surface area (Å²) in [6, 6.07) is 11.0. The maximum absolute atomic E-state index is 13.0. The van der Waals surface area contributed by atoms with Crippen LogP contribution in [0, 0.1) is 5.82 Å². The Labute approximate surface area is 156 Å². The molecule has 2 rings (SSSR count). The lowest BCUT2D eigenvalue weighted by atomic mass is 10.1. The zero-order valence-electron chi connectivity index (χ0n) is 14.3. The first-order chi connectivity index (χ1) is 12.5. The Morgan fingerprint density at radius 2 is 1.96 bits per heavy atom. The van der Waals surface area contributed by atoms with Gasteiger partial charge in [0.05, 0.1) is 17.3 Å². The minimum absolute atomic E-state index is 0.0669. The van der Waals surface area contributed by atoms with Crippen molar-refractivity contribution in [2.45, 2.75) is 19.8 Å². The van der Waals surface area contributed by atoms with E-state index < -0.39 is 24.3 Å². The van der Waals surface area contributed by atoms with E-state index in [1.807, 2.05) is 31.2 Å². The van der Waals surface area contributed by atoms with Crippen LogP contribution in [0.3, 0.4) is 0 Å². The molecule has 1 N–H and O–H groups in total. The summed E-state index contributed by atoms with van der Waals surface area (Å²) < 4.78 is 23.4. The Bertz CT molecular complexity index is 782. The largest absolute Gasteiger partial charge is 0.494 e. The number of nitrogens with one attached hydrogen (secondary N) is 1. The molecule has 0 fully saturated rings. The summed E-state index contributed by atoms with van der Waals surface area (Å²) in [4.78, 5) is 23.6. The zero-order valence-corrected chi connectivity index (χ0v) is 15.0. The number of aryl methyl sites for hydroxylation is 1. The van der Waals surface area contributed by atoms with Crippen LogP contribution in [0.25, 0.3) is 0 Å². The predicted octanol–water partition coefficient (Wildman–Crippen LogP) is 3.99. The molecule has 1 amide bonds. The lowest BCUT2D eigenvalue weighted by molar-refractivity contribution is -0.147.